The molecule has 0 unspecified atom stereocenters. The summed E-state index contributed by atoms with van der Waals surface area (Å²) >= 11 is 0.858. The van der Waals surface area contributed by atoms with Crippen LogP contribution in [0.2, 0.25) is 0 Å². The molecule has 2 heterocycles. The summed E-state index contributed by atoms with van der Waals surface area (Å²) in [6.45, 7) is 2.87. The summed E-state index contributed by atoms with van der Waals surface area (Å²) in [7, 11) is -3.58. The minimum atomic E-state index is -3.58. The lowest BCUT2D eigenvalue weighted by atomic mass is 10.2. The maximum atomic E-state index is 12.8. The molecular weight excluding hydrogens is 416 g/mol. The third-order valence-corrected chi connectivity index (χ3v) is 7.06. The second kappa shape index (κ2) is 9.42. The third-order valence-electron chi connectivity index (χ3n) is 4.50. The molecule has 1 aromatic carbocycles. The van der Waals surface area contributed by atoms with E-state index in [2.05, 4.69) is 14.9 Å². The highest BCUT2D eigenvalue weighted by Gasteiger charge is 2.25. The highest BCUT2D eigenvalue weighted by atomic mass is 32.2. The summed E-state index contributed by atoms with van der Waals surface area (Å²) in [5.74, 6) is -1.17. The van der Waals surface area contributed by atoms with Gasteiger partial charge >= 0.3 is 5.97 Å². The summed E-state index contributed by atoms with van der Waals surface area (Å²) < 4.78 is 35.7. The topological polar surface area (TPSA) is 119 Å². The third kappa shape index (κ3) is 4.98. The zero-order chi connectivity index (χ0) is 20.9. The van der Waals surface area contributed by atoms with E-state index in [0.717, 1.165) is 37.2 Å². The van der Waals surface area contributed by atoms with Crippen LogP contribution in [0, 0.1) is 0 Å². The van der Waals surface area contributed by atoms with E-state index < -0.39 is 21.9 Å². The van der Waals surface area contributed by atoms with Gasteiger partial charge in [-0.1, -0.05) is 17.3 Å². The van der Waals surface area contributed by atoms with Crippen LogP contribution >= 0.6 is 11.5 Å². The first-order valence-electron chi connectivity index (χ1n) is 9.34. The molecule has 0 saturated carbocycles. The van der Waals surface area contributed by atoms with Gasteiger partial charge in [0.15, 0.2) is 5.00 Å². The molecule has 0 bridgehead atoms. The number of sulfonamides is 1. The number of nitrogens with zero attached hydrogens (tertiary/aromatic N) is 3. The van der Waals surface area contributed by atoms with Crippen molar-refractivity contribution >= 4 is 38.4 Å². The Balaban J connectivity index is 1.72. The first-order valence-corrected chi connectivity index (χ1v) is 11.6. The predicted octanol–water partition coefficient (Wildman–Crippen LogP) is 2.53. The van der Waals surface area contributed by atoms with E-state index in [-0.39, 0.29) is 27.8 Å². The normalized spacial score (nSPS) is 15.5. The number of esters is 1. The Morgan fingerprint density at radius 3 is 2.41 bits per heavy atom. The second-order valence-corrected chi connectivity index (χ2v) is 9.16. The Labute approximate surface area is 173 Å². The van der Waals surface area contributed by atoms with Gasteiger partial charge in [-0.15, -0.1) is 5.10 Å². The van der Waals surface area contributed by atoms with Gasteiger partial charge < -0.3 is 10.1 Å². The lowest BCUT2D eigenvalue weighted by Gasteiger charge is -2.20. The first-order chi connectivity index (χ1) is 13.9. The van der Waals surface area contributed by atoms with Crippen molar-refractivity contribution in [3.63, 3.8) is 0 Å². The van der Waals surface area contributed by atoms with Crippen LogP contribution in [0.15, 0.2) is 29.2 Å². The van der Waals surface area contributed by atoms with Gasteiger partial charge in [0.2, 0.25) is 15.7 Å². The predicted molar refractivity (Wildman–Crippen MR) is 107 cm³/mol. The molecule has 0 aliphatic carbocycles. The standard InChI is InChI=1S/C18H22N4O5S2/c1-2-27-18(24)15-17(28-21-20-15)19-16(23)13-7-9-14(10-8-13)29(25,26)22-11-5-3-4-6-12-22/h7-10H,2-6,11-12H2,1H3,(H,19,23). The molecule has 1 N–H and O–H groups in total. The number of hydrogen-bond donors (Lipinski definition) is 1. The average molecular weight is 439 g/mol. The quantitative estimate of drug-likeness (QED) is 0.688. The fourth-order valence-corrected chi connectivity index (χ4v) is 5.06. The molecule has 1 saturated heterocycles. The number of aromatic nitrogens is 2. The number of benzene rings is 1. The molecule has 0 atom stereocenters. The van der Waals surface area contributed by atoms with Gasteiger partial charge in [0, 0.05) is 30.2 Å². The molecule has 1 aromatic heterocycles. The summed E-state index contributed by atoms with van der Waals surface area (Å²) in [4.78, 5) is 24.5. The number of hydrogen-bond acceptors (Lipinski definition) is 8. The number of rotatable bonds is 6. The van der Waals surface area contributed by atoms with Gasteiger partial charge in [-0.25, -0.2) is 13.2 Å². The summed E-state index contributed by atoms with van der Waals surface area (Å²) in [6.07, 6.45) is 3.77. The molecule has 3 rings (SSSR count). The van der Waals surface area contributed by atoms with Crippen LogP contribution < -0.4 is 5.32 Å². The highest BCUT2D eigenvalue weighted by Crippen LogP contribution is 2.22. The van der Waals surface area contributed by atoms with Crippen molar-refractivity contribution in [2.75, 3.05) is 25.0 Å². The van der Waals surface area contributed by atoms with Crippen LogP contribution in [-0.4, -0.2) is 53.9 Å². The number of carbonyl (C=O) groups excluding carboxylic acids is 2. The van der Waals surface area contributed by atoms with E-state index >= 15 is 0 Å². The van der Waals surface area contributed by atoms with Crippen LogP contribution in [0.25, 0.3) is 0 Å². The minimum Gasteiger partial charge on any atom is -0.461 e. The number of carbonyl (C=O) groups is 2. The molecule has 1 amide bonds. The zero-order valence-corrected chi connectivity index (χ0v) is 17.6. The van der Waals surface area contributed by atoms with Crippen LogP contribution in [0.5, 0.6) is 0 Å². The largest absolute Gasteiger partial charge is 0.461 e. The molecule has 1 fully saturated rings. The Kier molecular flexibility index (Phi) is 6.93. The van der Waals surface area contributed by atoms with E-state index in [0.29, 0.717) is 13.1 Å². The van der Waals surface area contributed by atoms with Crippen LogP contribution in [0.3, 0.4) is 0 Å². The van der Waals surface area contributed by atoms with Crippen LogP contribution in [0.1, 0.15) is 53.5 Å². The first kappa shape index (κ1) is 21.3. The maximum absolute atomic E-state index is 12.8. The Morgan fingerprint density at radius 1 is 1.14 bits per heavy atom. The highest BCUT2D eigenvalue weighted by molar-refractivity contribution is 7.89. The second-order valence-electron chi connectivity index (χ2n) is 6.47. The average Bonchev–Trinajstić information content (AvgIpc) is 2.99. The van der Waals surface area contributed by atoms with Crippen molar-refractivity contribution < 1.29 is 22.7 Å². The van der Waals surface area contributed by atoms with Gasteiger partial charge in [-0.05, 0) is 44.0 Å². The number of nitrogens with one attached hydrogen (secondary N) is 1. The molecule has 0 spiro atoms. The lowest BCUT2D eigenvalue weighted by molar-refractivity contribution is 0.0520. The van der Waals surface area contributed by atoms with Gasteiger partial charge in [-0.2, -0.15) is 4.31 Å². The van der Waals surface area contributed by atoms with Gasteiger partial charge in [0.1, 0.15) is 0 Å². The Hall–Kier alpha value is -2.37. The van der Waals surface area contributed by atoms with Crippen molar-refractivity contribution in [1.82, 2.24) is 13.9 Å². The summed E-state index contributed by atoms with van der Waals surface area (Å²) in [6, 6.07) is 5.73. The SMILES string of the molecule is CCOC(=O)c1nnsc1NC(=O)c1ccc(S(=O)(=O)N2CCCCCC2)cc1. The van der Waals surface area contributed by atoms with Gasteiger partial charge in [0.05, 0.1) is 11.5 Å². The lowest BCUT2D eigenvalue weighted by Crippen LogP contribution is -2.31. The van der Waals surface area contributed by atoms with Crippen LogP contribution in [-0.2, 0) is 14.8 Å². The molecule has 29 heavy (non-hydrogen) atoms. The summed E-state index contributed by atoms with van der Waals surface area (Å²) in [5, 5.41) is 6.43. The van der Waals surface area contributed by atoms with Crippen molar-refractivity contribution in [2.45, 2.75) is 37.5 Å². The molecule has 0 radical (unpaired) electrons. The van der Waals surface area contributed by atoms with Crippen molar-refractivity contribution in [2.24, 2.45) is 0 Å². The molecule has 9 nitrogen and oxygen atoms in total. The molecule has 2 aromatic rings. The van der Waals surface area contributed by atoms with E-state index in [4.69, 9.17) is 4.74 Å². The van der Waals surface area contributed by atoms with Gasteiger partial charge in [0.25, 0.3) is 5.91 Å². The molecule has 1 aliphatic rings. The number of amides is 1. The van der Waals surface area contributed by atoms with E-state index in [1.807, 2.05) is 0 Å². The van der Waals surface area contributed by atoms with E-state index in [1.54, 1.807) is 6.92 Å². The number of anilines is 1. The Morgan fingerprint density at radius 2 is 1.79 bits per heavy atom. The van der Waals surface area contributed by atoms with E-state index in [9.17, 15) is 18.0 Å². The zero-order valence-electron chi connectivity index (χ0n) is 16.0. The van der Waals surface area contributed by atoms with Crippen LogP contribution in [0.4, 0.5) is 5.00 Å². The van der Waals surface area contributed by atoms with Gasteiger partial charge in [-0.3, -0.25) is 4.79 Å². The fourth-order valence-electron chi connectivity index (χ4n) is 2.99. The van der Waals surface area contributed by atoms with Crippen molar-refractivity contribution in [3.05, 3.63) is 35.5 Å². The van der Waals surface area contributed by atoms with E-state index in [1.165, 1.54) is 28.6 Å². The number of ether oxygens (including phenoxy) is 1. The Bertz CT molecular complexity index is 964. The fraction of sp³-hybridized carbons (Fsp3) is 0.444. The minimum absolute atomic E-state index is 0.0643. The van der Waals surface area contributed by atoms with Crippen molar-refractivity contribution in [3.8, 4) is 0 Å². The summed E-state index contributed by atoms with van der Waals surface area (Å²) in [5.41, 5.74) is 0.189. The van der Waals surface area contributed by atoms with Crippen molar-refractivity contribution in [1.29, 1.82) is 0 Å². The molecule has 156 valence electrons. The smallest absolute Gasteiger partial charge is 0.362 e. The molecule has 11 heteroatoms. The molecular formula is C18H22N4O5S2. The maximum Gasteiger partial charge on any atom is 0.362 e. The monoisotopic (exact) mass is 438 g/mol. The molecule has 1 aliphatic heterocycles.